The predicted molar refractivity (Wildman–Crippen MR) is 63.5 cm³/mol. The molecule has 7 heteroatoms. The van der Waals surface area contributed by atoms with E-state index in [1.807, 2.05) is 5.43 Å². The summed E-state index contributed by atoms with van der Waals surface area (Å²) < 4.78 is 34.2. The van der Waals surface area contributed by atoms with Gasteiger partial charge in [0.05, 0.1) is 5.56 Å². The van der Waals surface area contributed by atoms with E-state index in [0.29, 0.717) is 11.0 Å². The average Bonchev–Trinajstić information content (AvgIpc) is 2.75. The number of furan rings is 1. The maximum Gasteiger partial charge on any atom is 0.269 e. The van der Waals surface area contributed by atoms with E-state index < -0.39 is 18.9 Å². The van der Waals surface area contributed by atoms with Gasteiger partial charge in [0.2, 0.25) is 0 Å². The third kappa shape index (κ3) is 2.88. The van der Waals surface area contributed by atoms with Crippen LogP contribution in [-0.2, 0) is 11.3 Å². The first-order valence-corrected chi connectivity index (χ1v) is 5.50. The summed E-state index contributed by atoms with van der Waals surface area (Å²) in [5.41, 5.74) is 2.67. The van der Waals surface area contributed by atoms with Gasteiger partial charge in [0, 0.05) is 5.39 Å². The van der Waals surface area contributed by atoms with Crippen molar-refractivity contribution in [2.24, 2.45) is 5.84 Å². The fourth-order valence-electron chi connectivity index (χ4n) is 1.76. The summed E-state index contributed by atoms with van der Waals surface area (Å²) >= 11 is 0. The van der Waals surface area contributed by atoms with Gasteiger partial charge in [-0.15, -0.1) is 0 Å². The lowest BCUT2D eigenvalue weighted by molar-refractivity contribution is 0.00468. The molecule has 3 N–H and O–H groups in total. The Bertz CT molecular complexity index is 583. The second-order valence-corrected chi connectivity index (χ2v) is 3.78. The van der Waals surface area contributed by atoms with E-state index in [4.69, 9.17) is 15.0 Å². The van der Waals surface area contributed by atoms with Crippen molar-refractivity contribution in [3.63, 3.8) is 0 Å². The molecule has 19 heavy (non-hydrogen) atoms. The second kappa shape index (κ2) is 5.77. The van der Waals surface area contributed by atoms with Gasteiger partial charge >= 0.3 is 0 Å². The van der Waals surface area contributed by atoms with Crippen LogP contribution in [0.4, 0.5) is 8.78 Å². The molecular weight excluding hydrogens is 258 g/mol. The van der Waals surface area contributed by atoms with E-state index in [2.05, 4.69) is 0 Å². The minimum atomic E-state index is -2.57. The number of amides is 1. The topological polar surface area (TPSA) is 77.5 Å². The molecule has 0 radical (unpaired) electrons. The molecule has 0 atom stereocenters. The number of nitrogens with one attached hydrogen (secondary N) is 1. The third-order valence-corrected chi connectivity index (χ3v) is 2.50. The van der Waals surface area contributed by atoms with Crippen molar-refractivity contribution in [3.8, 4) is 0 Å². The Morgan fingerprint density at radius 2 is 2.16 bits per heavy atom. The van der Waals surface area contributed by atoms with Crippen LogP contribution in [0, 0.1) is 0 Å². The zero-order valence-electron chi connectivity index (χ0n) is 9.86. The van der Waals surface area contributed by atoms with Gasteiger partial charge in [0.25, 0.3) is 12.3 Å². The molecule has 0 saturated heterocycles. The number of alkyl halides is 2. The molecule has 1 aromatic heterocycles. The normalized spacial score (nSPS) is 11.2. The van der Waals surface area contributed by atoms with Crippen molar-refractivity contribution in [1.29, 1.82) is 0 Å². The Labute approximate surface area is 107 Å². The lowest BCUT2D eigenvalue weighted by Crippen LogP contribution is -2.30. The predicted octanol–water partition coefficient (Wildman–Crippen LogP) is 1.82. The number of hydrogen-bond acceptors (Lipinski definition) is 4. The van der Waals surface area contributed by atoms with Gasteiger partial charge in [-0.1, -0.05) is 18.2 Å². The maximum atomic E-state index is 12.0. The zero-order chi connectivity index (χ0) is 13.8. The molecule has 0 bridgehead atoms. The highest BCUT2D eigenvalue weighted by atomic mass is 19.3. The number of carbonyl (C=O) groups is 1. The van der Waals surface area contributed by atoms with Crippen LogP contribution >= 0.6 is 0 Å². The fraction of sp³-hybridized carbons (Fsp3) is 0.250. The van der Waals surface area contributed by atoms with Crippen molar-refractivity contribution in [2.45, 2.75) is 13.0 Å². The van der Waals surface area contributed by atoms with Gasteiger partial charge < -0.3 is 9.15 Å². The minimum absolute atomic E-state index is 0.171. The van der Waals surface area contributed by atoms with Gasteiger partial charge in [-0.3, -0.25) is 10.2 Å². The van der Waals surface area contributed by atoms with Gasteiger partial charge in [-0.2, -0.15) is 0 Å². The van der Waals surface area contributed by atoms with Gasteiger partial charge in [0.15, 0.2) is 0 Å². The van der Waals surface area contributed by atoms with Crippen molar-refractivity contribution in [1.82, 2.24) is 5.43 Å². The van der Waals surface area contributed by atoms with Crippen molar-refractivity contribution in [3.05, 3.63) is 35.6 Å². The van der Waals surface area contributed by atoms with Crippen LogP contribution < -0.4 is 11.3 Å². The molecule has 0 fully saturated rings. The van der Waals surface area contributed by atoms with Crippen LogP contribution in [0.1, 0.15) is 16.1 Å². The van der Waals surface area contributed by atoms with Crippen LogP contribution in [0.5, 0.6) is 0 Å². The largest absolute Gasteiger partial charge is 0.458 e. The van der Waals surface area contributed by atoms with E-state index in [1.165, 1.54) is 0 Å². The second-order valence-electron chi connectivity index (χ2n) is 3.78. The summed E-state index contributed by atoms with van der Waals surface area (Å²) in [5, 5.41) is 0.557. The number of nitrogens with two attached hydrogens (primary N) is 1. The van der Waals surface area contributed by atoms with Crippen molar-refractivity contribution >= 4 is 16.9 Å². The average molecular weight is 270 g/mol. The number of benzene rings is 1. The molecule has 2 rings (SSSR count). The van der Waals surface area contributed by atoms with E-state index in [9.17, 15) is 13.6 Å². The summed E-state index contributed by atoms with van der Waals surface area (Å²) in [6, 6.07) is 6.81. The highest BCUT2D eigenvalue weighted by Gasteiger charge is 2.20. The quantitative estimate of drug-likeness (QED) is 0.493. The van der Waals surface area contributed by atoms with Gasteiger partial charge in [-0.25, -0.2) is 14.6 Å². The summed E-state index contributed by atoms with van der Waals surface area (Å²) in [6.07, 6.45) is -2.57. The van der Waals surface area contributed by atoms with E-state index in [1.54, 1.807) is 24.3 Å². The fourth-order valence-corrected chi connectivity index (χ4v) is 1.76. The Hall–Kier alpha value is -1.99. The highest BCUT2D eigenvalue weighted by Crippen LogP contribution is 2.26. The molecule has 0 saturated carbocycles. The van der Waals surface area contributed by atoms with Gasteiger partial charge in [0.1, 0.15) is 24.6 Å². The lowest BCUT2D eigenvalue weighted by Gasteiger charge is -2.03. The van der Waals surface area contributed by atoms with Crippen molar-refractivity contribution in [2.75, 3.05) is 6.61 Å². The monoisotopic (exact) mass is 270 g/mol. The number of nitrogen functional groups attached to an aromatic ring is 1. The standard InChI is InChI=1S/C12H12F2N2O3/c13-10(14)6-18-5-9-11(12(17)16-15)7-3-1-2-4-8(7)19-9/h1-4,10H,5-6,15H2,(H,16,17). The summed E-state index contributed by atoms with van der Waals surface area (Å²) in [7, 11) is 0. The lowest BCUT2D eigenvalue weighted by atomic mass is 10.1. The smallest absolute Gasteiger partial charge is 0.269 e. The summed E-state index contributed by atoms with van der Waals surface area (Å²) in [4.78, 5) is 11.7. The number of hydrogen-bond donors (Lipinski definition) is 2. The third-order valence-electron chi connectivity index (χ3n) is 2.50. The molecule has 0 spiro atoms. The molecule has 0 unspecified atom stereocenters. The minimum Gasteiger partial charge on any atom is -0.458 e. The van der Waals surface area contributed by atoms with Gasteiger partial charge in [-0.05, 0) is 6.07 Å². The summed E-state index contributed by atoms with van der Waals surface area (Å²) in [5.74, 6) is 4.71. The molecular formula is C12H12F2N2O3. The van der Waals surface area contributed by atoms with Crippen LogP contribution in [-0.4, -0.2) is 18.9 Å². The van der Waals surface area contributed by atoms with E-state index in [-0.39, 0.29) is 17.9 Å². The number of ether oxygens (including phenoxy) is 1. The number of carbonyl (C=O) groups excluding carboxylic acids is 1. The molecule has 0 aliphatic rings. The molecule has 0 aliphatic carbocycles. The number of halogens is 2. The molecule has 1 aromatic carbocycles. The highest BCUT2D eigenvalue weighted by molar-refractivity contribution is 6.06. The number of fused-ring (bicyclic) bond motifs is 1. The summed E-state index contributed by atoms with van der Waals surface area (Å²) in [6.45, 7) is -0.942. The molecule has 1 amide bonds. The molecule has 102 valence electrons. The molecule has 1 heterocycles. The Balaban J connectivity index is 2.33. The Kier molecular flexibility index (Phi) is 4.08. The molecule has 0 aliphatic heterocycles. The molecule has 5 nitrogen and oxygen atoms in total. The van der Waals surface area contributed by atoms with Crippen LogP contribution in [0.15, 0.2) is 28.7 Å². The number of hydrazine groups is 1. The van der Waals surface area contributed by atoms with Crippen LogP contribution in [0.3, 0.4) is 0 Å². The first kappa shape index (κ1) is 13.4. The van der Waals surface area contributed by atoms with Crippen molar-refractivity contribution < 1.29 is 22.7 Å². The SMILES string of the molecule is NNC(=O)c1c(COCC(F)F)oc2ccccc12. The first-order valence-electron chi connectivity index (χ1n) is 5.50. The number of para-hydroxylation sites is 1. The zero-order valence-corrected chi connectivity index (χ0v) is 9.86. The maximum absolute atomic E-state index is 12.0. The first-order chi connectivity index (χ1) is 9.13. The Morgan fingerprint density at radius 1 is 1.42 bits per heavy atom. The van der Waals surface area contributed by atoms with E-state index >= 15 is 0 Å². The van der Waals surface area contributed by atoms with Crippen LogP contribution in [0.25, 0.3) is 11.0 Å². The van der Waals surface area contributed by atoms with Crippen LogP contribution in [0.2, 0.25) is 0 Å². The number of rotatable bonds is 5. The Morgan fingerprint density at radius 3 is 2.84 bits per heavy atom. The molecule has 2 aromatic rings. The van der Waals surface area contributed by atoms with E-state index in [0.717, 1.165) is 0 Å².